The van der Waals surface area contributed by atoms with Crippen LogP contribution in [0.25, 0.3) is 11.0 Å². The Bertz CT molecular complexity index is 884. The van der Waals surface area contributed by atoms with Crippen LogP contribution in [0.1, 0.15) is 24.7 Å². The summed E-state index contributed by atoms with van der Waals surface area (Å²) >= 11 is 0. The summed E-state index contributed by atoms with van der Waals surface area (Å²) in [6.07, 6.45) is 0.318. The van der Waals surface area contributed by atoms with Crippen molar-refractivity contribution in [3.05, 3.63) is 59.9 Å². The number of imidazole rings is 1. The minimum Gasteiger partial charge on any atom is -0.481 e. The van der Waals surface area contributed by atoms with Gasteiger partial charge in [-0.3, -0.25) is 4.79 Å². The summed E-state index contributed by atoms with van der Waals surface area (Å²) in [5.41, 5.74) is 3.30. The third kappa shape index (κ3) is 4.23. The molecule has 1 N–H and O–H groups in total. The van der Waals surface area contributed by atoms with E-state index in [0.717, 1.165) is 35.4 Å². The van der Waals surface area contributed by atoms with Gasteiger partial charge in [0.15, 0.2) is 6.10 Å². The molecule has 5 nitrogen and oxygen atoms in total. The zero-order valence-corrected chi connectivity index (χ0v) is 15.5. The number of hydrogen-bond acceptors (Lipinski definition) is 3. The van der Waals surface area contributed by atoms with Gasteiger partial charge in [0.05, 0.1) is 11.0 Å². The Balaban J connectivity index is 1.47. The summed E-state index contributed by atoms with van der Waals surface area (Å²) in [4.78, 5) is 16.8. The Morgan fingerprint density at radius 1 is 1.15 bits per heavy atom. The molecule has 0 aliphatic carbocycles. The smallest absolute Gasteiger partial charge is 0.260 e. The van der Waals surface area contributed by atoms with Crippen molar-refractivity contribution in [3.8, 4) is 5.75 Å². The lowest BCUT2D eigenvalue weighted by molar-refractivity contribution is -0.127. The van der Waals surface area contributed by atoms with E-state index in [1.54, 1.807) is 6.92 Å². The molecule has 1 heterocycles. The minimum absolute atomic E-state index is 0.0993. The number of amides is 1. The van der Waals surface area contributed by atoms with Crippen LogP contribution >= 0.6 is 0 Å². The molecule has 3 rings (SSSR count). The normalized spacial score (nSPS) is 12.1. The molecular weight excluding hydrogens is 326 g/mol. The number of fused-ring (bicyclic) bond motifs is 1. The summed E-state index contributed by atoms with van der Waals surface area (Å²) in [6.45, 7) is 7.22. The SMILES string of the molecule is Cc1ccc(OC(C)C(=O)NCCCn2c(C)nc3ccccc32)cc1. The maximum Gasteiger partial charge on any atom is 0.260 e. The summed E-state index contributed by atoms with van der Waals surface area (Å²) in [5, 5.41) is 2.95. The van der Waals surface area contributed by atoms with Crippen molar-refractivity contribution < 1.29 is 9.53 Å². The van der Waals surface area contributed by atoms with Crippen molar-refractivity contribution in [1.82, 2.24) is 14.9 Å². The molecule has 0 saturated carbocycles. The van der Waals surface area contributed by atoms with E-state index < -0.39 is 6.10 Å². The molecule has 1 atom stereocenters. The Morgan fingerprint density at radius 2 is 1.88 bits per heavy atom. The number of aryl methyl sites for hydroxylation is 3. The Kier molecular flexibility index (Phi) is 5.56. The van der Waals surface area contributed by atoms with Crippen LogP contribution < -0.4 is 10.1 Å². The first-order valence-corrected chi connectivity index (χ1v) is 8.97. The molecule has 0 saturated heterocycles. The van der Waals surface area contributed by atoms with Gasteiger partial charge in [-0.05, 0) is 51.5 Å². The van der Waals surface area contributed by atoms with Gasteiger partial charge in [0, 0.05) is 13.1 Å². The van der Waals surface area contributed by atoms with Crippen LogP contribution in [0.3, 0.4) is 0 Å². The van der Waals surface area contributed by atoms with E-state index in [1.165, 1.54) is 0 Å². The van der Waals surface area contributed by atoms with Crippen LogP contribution in [-0.4, -0.2) is 28.1 Å². The highest BCUT2D eigenvalue weighted by Gasteiger charge is 2.14. The third-order valence-electron chi connectivity index (χ3n) is 4.41. The molecule has 1 aromatic heterocycles. The van der Waals surface area contributed by atoms with Gasteiger partial charge >= 0.3 is 0 Å². The average Bonchev–Trinajstić information content (AvgIpc) is 2.95. The lowest BCUT2D eigenvalue weighted by atomic mass is 10.2. The van der Waals surface area contributed by atoms with E-state index in [-0.39, 0.29) is 5.91 Å². The average molecular weight is 351 g/mol. The Labute approximate surface area is 154 Å². The van der Waals surface area contributed by atoms with Gasteiger partial charge in [-0.1, -0.05) is 29.8 Å². The van der Waals surface area contributed by atoms with Crippen molar-refractivity contribution in [2.24, 2.45) is 0 Å². The second kappa shape index (κ2) is 8.04. The van der Waals surface area contributed by atoms with Crippen LogP contribution in [0.2, 0.25) is 0 Å². The van der Waals surface area contributed by atoms with Crippen LogP contribution in [0.5, 0.6) is 5.75 Å². The first-order chi connectivity index (χ1) is 12.5. The quantitative estimate of drug-likeness (QED) is 0.661. The summed E-state index contributed by atoms with van der Waals surface area (Å²) in [7, 11) is 0. The predicted molar refractivity (Wildman–Crippen MR) is 103 cm³/mol. The molecular formula is C21H25N3O2. The van der Waals surface area contributed by atoms with Gasteiger partial charge in [0.25, 0.3) is 5.91 Å². The molecule has 0 aliphatic heterocycles. The number of rotatable bonds is 7. The number of nitrogens with zero attached hydrogens (tertiary/aromatic N) is 2. The zero-order chi connectivity index (χ0) is 18.5. The predicted octanol–water partition coefficient (Wildman–Crippen LogP) is 3.63. The fourth-order valence-electron chi connectivity index (χ4n) is 2.95. The Hall–Kier alpha value is -2.82. The van der Waals surface area contributed by atoms with Crippen LogP contribution in [0.4, 0.5) is 0 Å². The fourth-order valence-corrected chi connectivity index (χ4v) is 2.95. The topological polar surface area (TPSA) is 56.1 Å². The Morgan fingerprint density at radius 3 is 2.65 bits per heavy atom. The number of ether oxygens (including phenoxy) is 1. The molecule has 136 valence electrons. The second-order valence-electron chi connectivity index (χ2n) is 6.52. The maximum atomic E-state index is 12.2. The van der Waals surface area contributed by atoms with E-state index >= 15 is 0 Å². The number of carbonyl (C=O) groups excluding carboxylic acids is 1. The summed E-state index contributed by atoms with van der Waals surface area (Å²) in [5.74, 6) is 1.60. The second-order valence-corrected chi connectivity index (χ2v) is 6.52. The zero-order valence-electron chi connectivity index (χ0n) is 15.5. The van der Waals surface area contributed by atoms with E-state index in [9.17, 15) is 4.79 Å². The lowest BCUT2D eigenvalue weighted by Gasteiger charge is -2.15. The molecule has 0 fully saturated rings. The molecule has 5 heteroatoms. The molecule has 1 amide bonds. The van der Waals surface area contributed by atoms with Gasteiger partial charge < -0.3 is 14.6 Å². The van der Waals surface area contributed by atoms with Crippen LogP contribution in [0, 0.1) is 13.8 Å². The van der Waals surface area contributed by atoms with Crippen molar-refractivity contribution in [1.29, 1.82) is 0 Å². The summed E-state index contributed by atoms with van der Waals surface area (Å²) < 4.78 is 7.87. The first kappa shape index (κ1) is 18.0. The molecule has 0 radical (unpaired) electrons. The maximum absolute atomic E-state index is 12.2. The molecule has 2 aromatic carbocycles. The van der Waals surface area contributed by atoms with Gasteiger partial charge in [-0.2, -0.15) is 0 Å². The highest BCUT2D eigenvalue weighted by Crippen LogP contribution is 2.16. The minimum atomic E-state index is -0.520. The van der Waals surface area contributed by atoms with Crippen molar-refractivity contribution in [3.63, 3.8) is 0 Å². The molecule has 1 unspecified atom stereocenters. The van der Waals surface area contributed by atoms with Crippen molar-refractivity contribution >= 4 is 16.9 Å². The van der Waals surface area contributed by atoms with E-state index in [0.29, 0.717) is 12.3 Å². The van der Waals surface area contributed by atoms with E-state index in [4.69, 9.17) is 4.74 Å². The molecule has 0 bridgehead atoms. The van der Waals surface area contributed by atoms with Gasteiger partial charge in [0.2, 0.25) is 0 Å². The van der Waals surface area contributed by atoms with E-state index in [1.807, 2.05) is 56.3 Å². The highest BCUT2D eigenvalue weighted by atomic mass is 16.5. The summed E-state index contributed by atoms with van der Waals surface area (Å²) in [6, 6.07) is 15.8. The molecule has 26 heavy (non-hydrogen) atoms. The standard InChI is InChI=1S/C21H25N3O2/c1-15-9-11-18(12-10-15)26-16(2)21(25)22-13-6-14-24-17(3)23-19-7-4-5-8-20(19)24/h4-5,7-12,16H,6,13-14H2,1-3H3,(H,22,25). The number of carbonyl (C=O) groups is 1. The number of para-hydroxylation sites is 2. The molecule has 0 spiro atoms. The van der Waals surface area contributed by atoms with Gasteiger partial charge in [0.1, 0.15) is 11.6 Å². The number of hydrogen-bond donors (Lipinski definition) is 1. The number of nitrogens with one attached hydrogen (secondary N) is 1. The fraction of sp³-hybridized carbons (Fsp3) is 0.333. The van der Waals surface area contributed by atoms with Gasteiger partial charge in [-0.15, -0.1) is 0 Å². The van der Waals surface area contributed by atoms with Gasteiger partial charge in [-0.25, -0.2) is 4.98 Å². The first-order valence-electron chi connectivity index (χ1n) is 8.97. The van der Waals surface area contributed by atoms with Crippen LogP contribution in [-0.2, 0) is 11.3 Å². The largest absolute Gasteiger partial charge is 0.481 e. The monoisotopic (exact) mass is 351 g/mol. The lowest BCUT2D eigenvalue weighted by Crippen LogP contribution is -2.37. The number of benzene rings is 2. The molecule has 0 aliphatic rings. The number of aromatic nitrogens is 2. The van der Waals surface area contributed by atoms with Crippen molar-refractivity contribution in [2.45, 2.75) is 39.8 Å². The third-order valence-corrected chi connectivity index (χ3v) is 4.41. The van der Waals surface area contributed by atoms with Crippen molar-refractivity contribution in [2.75, 3.05) is 6.54 Å². The van der Waals surface area contributed by atoms with Crippen LogP contribution in [0.15, 0.2) is 48.5 Å². The van der Waals surface area contributed by atoms with E-state index in [2.05, 4.69) is 20.9 Å². The highest BCUT2D eigenvalue weighted by molar-refractivity contribution is 5.80. The molecule has 3 aromatic rings.